The summed E-state index contributed by atoms with van der Waals surface area (Å²) in [5.74, 6) is -0.112. The number of nitrogens with zero attached hydrogens (tertiary/aromatic N) is 2. The molecule has 2 aromatic rings. The number of imidazole rings is 1. The van der Waals surface area contributed by atoms with Crippen LogP contribution in [-0.4, -0.2) is 22.3 Å². The van der Waals surface area contributed by atoms with Crippen LogP contribution in [0, 0.1) is 5.82 Å². The van der Waals surface area contributed by atoms with Crippen LogP contribution in [0.5, 0.6) is 0 Å². The van der Waals surface area contributed by atoms with E-state index in [1.807, 2.05) is 11.5 Å². The highest BCUT2D eigenvalue weighted by atomic mass is 35.5. The Kier molecular flexibility index (Phi) is 2.68. The molecule has 4 nitrogen and oxygen atoms in total. The van der Waals surface area contributed by atoms with E-state index in [0.29, 0.717) is 18.1 Å². The average molecular weight is 270 g/mol. The molecule has 1 aliphatic heterocycles. The molecule has 3 rings (SSSR count). The maximum Gasteiger partial charge on any atom is 0.201 e. The quantitative estimate of drug-likeness (QED) is 0.866. The normalized spacial score (nSPS) is 23.9. The van der Waals surface area contributed by atoms with Gasteiger partial charge in [0.05, 0.1) is 28.2 Å². The number of halogens is 2. The number of ether oxygens (including phenoxy) is 1. The van der Waals surface area contributed by atoms with Crippen molar-refractivity contribution >= 4 is 28.6 Å². The van der Waals surface area contributed by atoms with E-state index in [1.54, 1.807) is 6.07 Å². The van der Waals surface area contributed by atoms with Crippen molar-refractivity contribution in [2.24, 2.45) is 0 Å². The molecule has 0 saturated carbocycles. The molecule has 1 aliphatic rings. The fraction of sp³-hybridized carbons (Fsp3) is 0.417. The van der Waals surface area contributed by atoms with Gasteiger partial charge in [-0.25, -0.2) is 9.37 Å². The fourth-order valence-electron chi connectivity index (χ4n) is 2.52. The van der Waals surface area contributed by atoms with E-state index in [1.165, 1.54) is 6.07 Å². The van der Waals surface area contributed by atoms with Crippen molar-refractivity contribution in [2.75, 3.05) is 12.3 Å². The standard InChI is InChI=1S/C12H13ClFN3O/c1-6-10(2-3-18-6)17-11-4-7(13)8(14)5-9(11)16-12(17)15/h4-6,10H,2-3H2,1H3,(H2,15,16). The number of hydrogen-bond acceptors (Lipinski definition) is 3. The minimum atomic E-state index is -0.482. The summed E-state index contributed by atoms with van der Waals surface area (Å²) < 4.78 is 20.8. The molecule has 0 radical (unpaired) electrons. The van der Waals surface area contributed by atoms with Crippen LogP contribution in [0.1, 0.15) is 19.4 Å². The Labute approximate surface area is 108 Å². The number of anilines is 1. The van der Waals surface area contributed by atoms with Crippen LogP contribution < -0.4 is 5.73 Å². The molecule has 2 atom stereocenters. The highest BCUT2D eigenvalue weighted by Gasteiger charge is 2.29. The van der Waals surface area contributed by atoms with Crippen molar-refractivity contribution in [3.63, 3.8) is 0 Å². The van der Waals surface area contributed by atoms with E-state index in [4.69, 9.17) is 22.1 Å². The highest BCUT2D eigenvalue weighted by molar-refractivity contribution is 6.31. The first-order valence-corrected chi connectivity index (χ1v) is 6.20. The van der Waals surface area contributed by atoms with Crippen LogP contribution in [0.15, 0.2) is 12.1 Å². The Morgan fingerprint density at radius 2 is 2.33 bits per heavy atom. The van der Waals surface area contributed by atoms with E-state index >= 15 is 0 Å². The lowest BCUT2D eigenvalue weighted by Crippen LogP contribution is -2.18. The Bertz CT molecular complexity index is 613. The molecule has 2 N–H and O–H groups in total. The number of hydrogen-bond donors (Lipinski definition) is 1. The van der Waals surface area contributed by atoms with Crippen molar-refractivity contribution in [1.29, 1.82) is 0 Å². The molecule has 1 saturated heterocycles. The lowest BCUT2D eigenvalue weighted by molar-refractivity contribution is 0.109. The first-order valence-electron chi connectivity index (χ1n) is 5.82. The summed E-state index contributed by atoms with van der Waals surface area (Å²) in [6.07, 6.45) is 0.930. The van der Waals surface area contributed by atoms with Crippen molar-refractivity contribution in [3.05, 3.63) is 23.0 Å². The lowest BCUT2D eigenvalue weighted by atomic mass is 10.1. The van der Waals surface area contributed by atoms with Gasteiger partial charge in [-0.2, -0.15) is 0 Å². The molecule has 0 bridgehead atoms. The number of nitrogen functional groups attached to an aromatic ring is 1. The SMILES string of the molecule is CC1OCCC1n1c(N)nc2cc(F)c(Cl)cc21. The molecular formula is C12H13ClFN3O. The predicted octanol–water partition coefficient (Wildman–Crippen LogP) is 2.76. The number of benzene rings is 1. The minimum Gasteiger partial charge on any atom is -0.376 e. The third-order valence-corrected chi connectivity index (χ3v) is 3.72. The van der Waals surface area contributed by atoms with Crippen molar-refractivity contribution in [2.45, 2.75) is 25.5 Å². The molecule has 1 aromatic heterocycles. The highest BCUT2D eigenvalue weighted by Crippen LogP contribution is 2.33. The minimum absolute atomic E-state index is 0.0635. The topological polar surface area (TPSA) is 53.1 Å². The molecule has 2 heterocycles. The number of rotatable bonds is 1. The van der Waals surface area contributed by atoms with Crippen LogP contribution in [0.3, 0.4) is 0 Å². The lowest BCUT2D eigenvalue weighted by Gasteiger charge is -2.18. The largest absolute Gasteiger partial charge is 0.376 e. The summed E-state index contributed by atoms with van der Waals surface area (Å²) in [5.41, 5.74) is 7.20. The molecule has 0 spiro atoms. The van der Waals surface area contributed by atoms with Gasteiger partial charge in [-0.15, -0.1) is 0 Å². The van der Waals surface area contributed by atoms with Crippen LogP contribution in [0.25, 0.3) is 11.0 Å². The van der Waals surface area contributed by atoms with Crippen molar-refractivity contribution in [1.82, 2.24) is 9.55 Å². The molecule has 6 heteroatoms. The van der Waals surface area contributed by atoms with E-state index in [-0.39, 0.29) is 17.2 Å². The van der Waals surface area contributed by atoms with Gasteiger partial charge in [-0.1, -0.05) is 11.6 Å². The Hall–Kier alpha value is -1.33. The van der Waals surface area contributed by atoms with Crippen LogP contribution >= 0.6 is 11.6 Å². The van der Waals surface area contributed by atoms with Gasteiger partial charge in [-0.05, 0) is 19.4 Å². The predicted molar refractivity (Wildman–Crippen MR) is 68.2 cm³/mol. The van der Waals surface area contributed by atoms with Crippen molar-refractivity contribution in [3.8, 4) is 0 Å². The maximum absolute atomic E-state index is 13.4. The number of aromatic nitrogens is 2. The van der Waals surface area contributed by atoms with Crippen LogP contribution in [-0.2, 0) is 4.74 Å². The number of nitrogens with two attached hydrogens (primary N) is 1. The zero-order valence-electron chi connectivity index (χ0n) is 9.86. The third kappa shape index (κ3) is 1.66. The zero-order chi connectivity index (χ0) is 12.9. The van der Waals surface area contributed by atoms with E-state index < -0.39 is 5.82 Å². The first-order chi connectivity index (χ1) is 8.58. The van der Waals surface area contributed by atoms with Gasteiger partial charge >= 0.3 is 0 Å². The third-order valence-electron chi connectivity index (χ3n) is 3.43. The van der Waals surface area contributed by atoms with E-state index in [2.05, 4.69) is 4.98 Å². The molecule has 2 unspecified atom stereocenters. The summed E-state index contributed by atoms with van der Waals surface area (Å²) in [5, 5.41) is 0.0789. The van der Waals surface area contributed by atoms with Gasteiger partial charge in [0.25, 0.3) is 0 Å². The summed E-state index contributed by atoms with van der Waals surface area (Å²) in [6, 6.07) is 3.00. The van der Waals surface area contributed by atoms with E-state index in [0.717, 1.165) is 11.9 Å². The molecule has 18 heavy (non-hydrogen) atoms. The molecule has 1 fully saturated rings. The van der Waals surface area contributed by atoms with Gasteiger partial charge in [0.15, 0.2) is 0 Å². The fourth-order valence-corrected chi connectivity index (χ4v) is 2.67. The summed E-state index contributed by atoms with van der Waals surface area (Å²) >= 11 is 5.82. The smallest absolute Gasteiger partial charge is 0.201 e. The average Bonchev–Trinajstić information content (AvgIpc) is 2.83. The molecule has 1 aromatic carbocycles. The van der Waals surface area contributed by atoms with Gasteiger partial charge < -0.3 is 15.0 Å². The second kappa shape index (κ2) is 4.10. The molecule has 0 amide bonds. The summed E-state index contributed by atoms with van der Waals surface area (Å²) in [6.45, 7) is 2.69. The van der Waals surface area contributed by atoms with Crippen LogP contribution in [0.4, 0.5) is 10.3 Å². The monoisotopic (exact) mass is 269 g/mol. The first kappa shape index (κ1) is 11.7. The Balaban J connectivity index is 2.22. The summed E-state index contributed by atoms with van der Waals surface area (Å²) in [4.78, 5) is 4.18. The molecule has 96 valence electrons. The Morgan fingerprint density at radius 1 is 1.56 bits per heavy atom. The second-order valence-electron chi connectivity index (χ2n) is 4.53. The van der Waals surface area contributed by atoms with Crippen LogP contribution in [0.2, 0.25) is 5.02 Å². The van der Waals surface area contributed by atoms with Gasteiger partial charge in [0.1, 0.15) is 5.82 Å². The van der Waals surface area contributed by atoms with Crippen molar-refractivity contribution < 1.29 is 9.13 Å². The maximum atomic E-state index is 13.4. The van der Waals surface area contributed by atoms with Gasteiger partial charge in [0, 0.05) is 12.7 Å². The Morgan fingerprint density at radius 3 is 3.00 bits per heavy atom. The van der Waals surface area contributed by atoms with Gasteiger partial charge in [0.2, 0.25) is 5.95 Å². The number of fused-ring (bicyclic) bond motifs is 1. The van der Waals surface area contributed by atoms with Gasteiger partial charge in [-0.3, -0.25) is 0 Å². The second-order valence-corrected chi connectivity index (χ2v) is 4.93. The zero-order valence-corrected chi connectivity index (χ0v) is 10.6. The summed E-state index contributed by atoms with van der Waals surface area (Å²) in [7, 11) is 0. The molecular weight excluding hydrogens is 257 g/mol. The molecule has 0 aliphatic carbocycles. The van der Waals surface area contributed by atoms with E-state index in [9.17, 15) is 4.39 Å².